The average molecular weight is 510 g/mol. The van der Waals surface area contributed by atoms with Crippen LogP contribution in [0.3, 0.4) is 0 Å². The first-order valence-corrected chi connectivity index (χ1v) is 12.3. The zero-order valence-corrected chi connectivity index (χ0v) is 21.3. The predicted molar refractivity (Wildman–Crippen MR) is 136 cm³/mol. The SMILES string of the molecule is COc1cc(C(=O)Oc2ccccc2[C@H]2NC(=O)c3c(sc4c3CCN(C)C4)N2)cc(OC)c1OC. The highest BCUT2D eigenvalue weighted by atomic mass is 32.1. The van der Waals surface area contributed by atoms with Crippen LogP contribution in [-0.2, 0) is 13.0 Å². The average Bonchev–Trinajstić information content (AvgIpc) is 3.25. The topological polar surface area (TPSA) is 98.4 Å². The van der Waals surface area contributed by atoms with Crippen molar-refractivity contribution in [1.82, 2.24) is 10.2 Å². The van der Waals surface area contributed by atoms with E-state index < -0.39 is 12.1 Å². The fourth-order valence-electron chi connectivity index (χ4n) is 4.57. The number of esters is 1. The van der Waals surface area contributed by atoms with Crippen LogP contribution in [0.5, 0.6) is 23.0 Å². The highest BCUT2D eigenvalue weighted by Gasteiger charge is 2.34. The van der Waals surface area contributed by atoms with Gasteiger partial charge in [-0.25, -0.2) is 4.79 Å². The second-order valence-electron chi connectivity index (χ2n) is 8.59. The summed E-state index contributed by atoms with van der Waals surface area (Å²) >= 11 is 1.61. The van der Waals surface area contributed by atoms with Crippen molar-refractivity contribution in [3.05, 3.63) is 63.5 Å². The molecule has 0 spiro atoms. The van der Waals surface area contributed by atoms with Gasteiger partial charge in [0.2, 0.25) is 5.75 Å². The van der Waals surface area contributed by atoms with Crippen molar-refractivity contribution in [2.24, 2.45) is 0 Å². The molecule has 2 aliphatic heterocycles. The first-order chi connectivity index (χ1) is 17.4. The maximum atomic E-state index is 13.1. The number of fused-ring (bicyclic) bond motifs is 3. The van der Waals surface area contributed by atoms with E-state index in [1.165, 1.54) is 38.3 Å². The molecule has 3 heterocycles. The summed E-state index contributed by atoms with van der Waals surface area (Å²) in [5.41, 5.74) is 2.72. The van der Waals surface area contributed by atoms with E-state index in [-0.39, 0.29) is 11.5 Å². The third-order valence-electron chi connectivity index (χ3n) is 6.36. The van der Waals surface area contributed by atoms with Gasteiger partial charge in [-0.15, -0.1) is 11.3 Å². The largest absolute Gasteiger partial charge is 0.493 e. The Bertz CT molecular complexity index is 1310. The lowest BCUT2D eigenvalue weighted by atomic mass is 10.0. The van der Waals surface area contributed by atoms with E-state index in [0.717, 1.165) is 35.6 Å². The number of carbonyl (C=O) groups is 2. The van der Waals surface area contributed by atoms with Crippen LogP contribution in [0.2, 0.25) is 0 Å². The van der Waals surface area contributed by atoms with Crippen molar-refractivity contribution in [2.75, 3.05) is 40.2 Å². The van der Waals surface area contributed by atoms with Crippen molar-refractivity contribution >= 4 is 28.2 Å². The second-order valence-corrected chi connectivity index (χ2v) is 9.69. The van der Waals surface area contributed by atoms with Gasteiger partial charge < -0.3 is 34.5 Å². The quantitative estimate of drug-likeness (QED) is 0.382. The molecule has 1 aromatic heterocycles. The van der Waals surface area contributed by atoms with Crippen LogP contribution in [0.4, 0.5) is 5.00 Å². The molecule has 0 saturated carbocycles. The maximum absolute atomic E-state index is 13.1. The fourth-order valence-corrected chi connectivity index (χ4v) is 5.92. The highest BCUT2D eigenvalue weighted by molar-refractivity contribution is 7.16. The van der Waals surface area contributed by atoms with E-state index in [0.29, 0.717) is 28.6 Å². The van der Waals surface area contributed by atoms with E-state index in [2.05, 4.69) is 22.6 Å². The zero-order chi connectivity index (χ0) is 25.4. The zero-order valence-electron chi connectivity index (χ0n) is 20.5. The summed E-state index contributed by atoms with van der Waals surface area (Å²) in [5, 5.41) is 7.32. The standard InChI is InChI=1S/C26H27N3O6S/c1-29-10-9-16-20(13-29)36-25-21(16)24(30)27-23(28-25)15-7-5-6-8-17(15)35-26(31)14-11-18(32-2)22(34-4)19(12-14)33-3/h5-8,11-12,23,28H,9-10,13H2,1-4H3,(H,27,30)/t23-/m0/s1. The second kappa shape index (κ2) is 9.71. The monoisotopic (exact) mass is 509 g/mol. The smallest absolute Gasteiger partial charge is 0.343 e. The van der Waals surface area contributed by atoms with Gasteiger partial charge in [-0.05, 0) is 37.2 Å². The summed E-state index contributed by atoms with van der Waals surface area (Å²) in [6, 6.07) is 10.2. The molecule has 36 heavy (non-hydrogen) atoms. The highest BCUT2D eigenvalue weighted by Crippen LogP contribution is 2.42. The Balaban J connectivity index is 1.43. The minimum Gasteiger partial charge on any atom is -0.493 e. The van der Waals surface area contributed by atoms with Gasteiger partial charge in [-0.2, -0.15) is 0 Å². The Hall–Kier alpha value is -3.76. The van der Waals surface area contributed by atoms with Crippen LogP contribution in [0.1, 0.15) is 42.9 Å². The molecule has 10 heteroatoms. The number of hydrogen-bond acceptors (Lipinski definition) is 9. The van der Waals surface area contributed by atoms with Gasteiger partial charge in [0.15, 0.2) is 11.5 Å². The van der Waals surface area contributed by atoms with E-state index in [1.54, 1.807) is 23.5 Å². The number of likely N-dealkylation sites (N-methyl/N-ethyl adjacent to an activating group) is 1. The summed E-state index contributed by atoms with van der Waals surface area (Å²) in [6.07, 6.45) is 0.298. The summed E-state index contributed by atoms with van der Waals surface area (Å²) in [4.78, 5) is 29.7. The minimum atomic E-state index is -0.598. The Morgan fingerprint density at radius 1 is 1.03 bits per heavy atom. The number of carbonyl (C=O) groups excluding carboxylic acids is 2. The van der Waals surface area contributed by atoms with Crippen LogP contribution < -0.4 is 29.6 Å². The number of hydrogen-bond donors (Lipinski definition) is 2. The van der Waals surface area contributed by atoms with E-state index in [4.69, 9.17) is 18.9 Å². The molecule has 0 saturated heterocycles. The maximum Gasteiger partial charge on any atom is 0.343 e. The third-order valence-corrected chi connectivity index (χ3v) is 7.51. The number of benzene rings is 2. The number of para-hydroxylation sites is 1. The van der Waals surface area contributed by atoms with Gasteiger partial charge >= 0.3 is 5.97 Å². The number of ether oxygens (including phenoxy) is 4. The van der Waals surface area contributed by atoms with Gasteiger partial charge in [0.1, 0.15) is 16.9 Å². The van der Waals surface area contributed by atoms with Crippen molar-refractivity contribution in [2.45, 2.75) is 19.1 Å². The molecular formula is C26H27N3O6S. The van der Waals surface area contributed by atoms with Crippen LogP contribution in [-0.4, -0.2) is 51.7 Å². The lowest BCUT2D eigenvalue weighted by Crippen LogP contribution is -2.39. The van der Waals surface area contributed by atoms with Gasteiger partial charge in [0.05, 0.1) is 32.5 Å². The lowest BCUT2D eigenvalue weighted by molar-refractivity contribution is 0.0731. The predicted octanol–water partition coefficient (Wildman–Crippen LogP) is 3.84. The van der Waals surface area contributed by atoms with Gasteiger partial charge in [0.25, 0.3) is 5.91 Å². The Morgan fingerprint density at radius 3 is 2.44 bits per heavy atom. The normalized spacial score (nSPS) is 16.8. The van der Waals surface area contributed by atoms with Crippen molar-refractivity contribution < 1.29 is 28.5 Å². The molecule has 1 atom stereocenters. The molecule has 0 aliphatic carbocycles. The molecule has 2 aromatic carbocycles. The number of methoxy groups -OCH3 is 3. The lowest BCUT2D eigenvalue weighted by Gasteiger charge is -2.28. The molecule has 0 unspecified atom stereocenters. The Morgan fingerprint density at radius 2 is 1.75 bits per heavy atom. The molecule has 0 fully saturated rings. The molecule has 1 amide bonds. The van der Waals surface area contributed by atoms with Crippen LogP contribution in [0, 0.1) is 0 Å². The summed E-state index contributed by atoms with van der Waals surface area (Å²) in [7, 11) is 6.53. The summed E-state index contributed by atoms with van der Waals surface area (Å²) < 4.78 is 21.8. The third kappa shape index (κ3) is 4.22. The summed E-state index contributed by atoms with van der Waals surface area (Å²) in [6.45, 7) is 1.75. The van der Waals surface area contributed by atoms with E-state index >= 15 is 0 Å². The fraction of sp³-hybridized carbons (Fsp3) is 0.308. The molecule has 2 N–H and O–H groups in total. The molecule has 5 rings (SSSR count). The molecule has 0 radical (unpaired) electrons. The van der Waals surface area contributed by atoms with Gasteiger partial charge in [-0.1, -0.05) is 18.2 Å². The Kier molecular flexibility index (Phi) is 6.46. The van der Waals surface area contributed by atoms with E-state index in [1.807, 2.05) is 12.1 Å². The molecule has 9 nitrogen and oxygen atoms in total. The van der Waals surface area contributed by atoms with Crippen LogP contribution in [0.15, 0.2) is 36.4 Å². The Labute approximate surface area is 212 Å². The number of anilines is 1. The molecule has 0 bridgehead atoms. The molecule has 188 valence electrons. The first kappa shape index (κ1) is 24.0. The first-order valence-electron chi connectivity index (χ1n) is 11.4. The van der Waals surface area contributed by atoms with Crippen molar-refractivity contribution in [1.29, 1.82) is 0 Å². The number of thiophene rings is 1. The number of nitrogens with zero attached hydrogens (tertiary/aromatic N) is 1. The van der Waals surface area contributed by atoms with Crippen LogP contribution >= 0.6 is 11.3 Å². The van der Waals surface area contributed by atoms with Crippen molar-refractivity contribution in [3.63, 3.8) is 0 Å². The van der Waals surface area contributed by atoms with Gasteiger partial charge in [0, 0.05) is 23.5 Å². The molecule has 3 aromatic rings. The van der Waals surface area contributed by atoms with Crippen molar-refractivity contribution in [3.8, 4) is 23.0 Å². The summed E-state index contributed by atoms with van der Waals surface area (Å²) in [5.74, 6) is 0.683. The molecule has 2 aliphatic rings. The molecular weight excluding hydrogens is 482 g/mol. The number of amides is 1. The van der Waals surface area contributed by atoms with Gasteiger partial charge in [-0.3, -0.25) is 4.79 Å². The number of rotatable bonds is 6. The minimum absolute atomic E-state index is 0.124. The van der Waals surface area contributed by atoms with E-state index in [9.17, 15) is 9.59 Å². The number of nitrogens with one attached hydrogen (secondary N) is 2. The van der Waals surface area contributed by atoms with Crippen LogP contribution in [0.25, 0.3) is 0 Å².